The van der Waals surface area contributed by atoms with Crippen molar-refractivity contribution in [3.63, 3.8) is 0 Å². The van der Waals surface area contributed by atoms with E-state index in [4.69, 9.17) is 26.8 Å². The van der Waals surface area contributed by atoms with Gasteiger partial charge in [0.15, 0.2) is 6.61 Å². The van der Waals surface area contributed by atoms with Crippen LogP contribution in [-0.4, -0.2) is 19.2 Å². The summed E-state index contributed by atoms with van der Waals surface area (Å²) in [5.41, 5.74) is 6.05. The van der Waals surface area contributed by atoms with E-state index in [1.165, 1.54) is 0 Å². The first kappa shape index (κ1) is 11.7. The number of hydrogen-bond donors (Lipinski definition) is 1. The number of anilines is 1. The highest BCUT2D eigenvalue weighted by atomic mass is 35.5. The molecular formula is C10H12ClNO3. The molecule has 0 unspecified atom stereocenters. The van der Waals surface area contributed by atoms with Crippen molar-refractivity contribution in [3.05, 3.63) is 23.2 Å². The number of halogens is 1. The van der Waals surface area contributed by atoms with Gasteiger partial charge < -0.3 is 15.2 Å². The number of nitrogens with two attached hydrogens (primary N) is 1. The van der Waals surface area contributed by atoms with Crippen LogP contribution in [0.4, 0.5) is 5.69 Å². The van der Waals surface area contributed by atoms with Crippen LogP contribution < -0.4 is 10.5 Å². The first-order valence-electron chi connectivity index (χ1n) is 4.47. The molecular weight excluding hydrogens is 218 g/mol. The van der Waals surface area contributed by atoms with Crippen LogP contribution in [0, 0.1) is 0 Å². The van der Waals surface area contributed by atoms with Gasteiger partial charge in [0.2, 0.25) is 0 Å². The molecule has 1 aromatic rings. The van der Waals surface area contributed by atoms with Gasteiger partial charge in [0, 0.05) is 11.1 Å². The van der Waals surface area contributed by atoms with Gasteiger partial charge >= 0.3 is 5.97 Å². The molecule has 0 aliphatic rings. The average molecular weight is 230 g/mol. The largest absolute Gasteiger partial charge is 0.480 e. The maximum absolute atomic E-state index is 11.0. The van der Waals surface area contributed by atoms with E-state index in [2.05, 4.69) is 0 Å². The van der Waals surface area contributed by atoms with Gasteiger partial charge in [0.05, 0.1) is 12.3 Å². The van der Waals surface area contributed by atoms with Crippen LogP contribution in [-0.2, 0) is 9.53 Å². The van der Waals surface area contributed by atoms with Crippen LogP contribution in [0.2, 0.25) is 5.02 Å². The quantitative estimate of drug-likeness (QED) is 0.633. The van der Waals surface area contributed by atoms with Crippen LogP contribution in [0.5, 0.6) is 5.75 Å². The van der Waals surface area contributed by atoms with Crippen molar-refractivity contribution in [1.29, 1.82) is 0 Å². The zero-order valence-corrected chi connectivity index (χ0v) is 9.08. The predicted octanol–water partition coefficient (Wildman–Crippen LogP) is 1.86. The standard InChI is InChI=1S/C10H12ClNO3/c1-2-14-10(13)6-15-9-5-7(11)3-4-8(9)12/h3-5H,2,6,12H2,1H3. The molecule has 1 aromatic carbocycles. The van der Waals surface area contributed by atoms with Crippen molar-refractivity contribution >= 4 is 23.3 Å². The highest BCUT2D eigenvalue weighted by Gasteiger charge is 2.06. The number of hydrogen-bond acceptors (Lipinski definition) is 4. The summed E-state index contributed by atoms with van der Waals surface area (Å²) < 4.78 is 9.84. The Morgan fingerprint density at radius 3 is 2.93 bits per heavy atom. The van der Waals surface area contributed by atoms with Gasteiger partial charge in [-0.3, -0.25) is 0 Å². The van der Waals surface area contributed by atoms with Crippen molar-refractivity contribution in [1.82, 2.24) is 0 Å². The molecule has 0 aliphatic heterocycles. The van der Waals surface area contributed by atoms with Gasteiger partial charge in [0.25, 0.3) is 0 Å². The number of carbonyl (C=O) groups is 1. The maximum Gasteiger partial charge on any atom is 0.344 e. The first-order valence-corrected chi connectivity index (χ1v) is 4.84. The Morgan fingerprint density at radius 1 is 1.53 bits per heavy atom. The fraction of sp³-hybridized carbons (Fsp3) is 0.300. The topological polar surface area (TPSA) is 61.5 Å². The average Bonchev–Trinajstić information content (AvgIpc) is 2.20. The van der Waals surface area contributed by atoms with Gasteiger partial charge in [-0.1, -0.05) is 11.6 Å². The molecule has 0 saturated heterocycles. The van der Waals surface area contributed by atoms with Crippen LogP contribution in [0.3, 0.4) is 0 Å². The molecule has 1 rings (SSSR count). The van der Waals surface area contributed by atoms with Gasteiger partial charge in [0.1, 0.15) is 5.75 Å². The maximum atomic E-state index is 11.0. The highest BCUT2D eigenvalue weighted by molar-refractivity contribution is 6.30. The van der Waals surface area contributed by atoms with E-state index in [0.717, 1.165) is 0 Å². The molecule has 15 heavy (non-hydrogen) atoms. The second-order valence-corrected chi connectivity index (χ2v) is 3.21. The molecule has 0 spiro atoms. The molecule has 2 N–H and O–H groups in total. The molecule has 0 aromatic heterocycles. The van der Waals surface area contributed by atoms with Crippen molar-refractivity contribution in [2.45, 2.75) is 6.92 Å². The van der Waals surface area contributed by atoms with E-state index in [-0.39, 0.29) is 6.61 Å². The molecule has 0 radical (unpaired) electrons. The Balaban J connectivity index is 2.57. The monoisotopic (exact) mass is 229 g/mol. The number of esters is 1. The second kappa shape index (κ2) is 5.46. The van der Waals surface area contributed by atoms with Gasteiger partial charge in [-0.25, -0.2) is 4.79 Å². The summed E-state index contributed by atoms with van der Waals surface area (Å²) >= 11 is 5.74. The summed E-state index contributed by atoms with van der Waals surface area (Å²) in [6, 6.07) is 4.81. The third kappa shape index (κ3) is 3.67. The van der Waals surface area contributed by atoms with Crippen LogP contribution >= 0.6 is 11.6 Å². The molecule has 0 bridgehead atoms. The molecule has 0 aliphatic carbocycles. The van der Waals surface area contributed by atoms with Crippen molar-refractivity contribution in [2.75, 3.05) is 18.9 Å². The number of rotatable bonds is 4. The SMILES string of the molecule is CCOC(=O)COc1cc(Cl)ccc1N. The van der Waals surface area contributed by atoms with E-state index in [0.29, 0.717) is 23.1 Å². The minimum atomic E-state index is -0.433. The second-order valence-electron chi connectivity index (χ2n) is 2.78. The lowest BCUT2D eigenvalue weighted by atomic mass is 10.3. The Hall–Kier alpha value is -1.42. The fourth-order valence-corrected chi connectivity index (χ4v) is 1.13. The fourth-order valence-electron chi connectivity index (χ4n) is 0.973. The normalized spacial score (nSPS) is 9.73. The van der Waals surface area contributed by atoms with E-state index in [1.807, 2.05) is 0 Å². The first-order chi connectivity index (χ1) is 7.13. The zero-order valence-electron chi connectivity index (χ0n) is 8.33. The van der Waals surface area contributed by atoms with Gasteiger partial charge in [-0.05, 0) is 19.1 Å². The predicted molar refractivity (Wildman–Crippen MR) is 58.0 cm³/mol. The molecule has 5 heteroatoms. The lowest BCUT2D eigenvalue weighted by Gasteiger charge is -2.08. The molecule has 0 saturated carbocycles. The third-order valence-electron chi connectivity index (χ3n) is 1.63. The Kier molecular flexibility index (Phi) is 4.24. The number of carbonyl (C=O) groups excluding carboxylic acids is 1. The molecule has 0 heterocycles. The highest BCUT2D eigenvalue weighted by Crippen LogP contribution is 2.25. The summed E-state index contributed by atoms with van der Waals surface area (Å²) in [6.45, 7) is 1.89. The Bertz CT molecular complexity index is 355. The summed E-state index contributed by atoms with van der Waals surface area (Å²) in [6.07, 6.45) is 0. The zero-order chi connectivity index (χ0) is 11.3. The van der Waals surface area contributed by atoms with Crippen LogP contribution in [0.25, 0.3) is 0 Å². The van der Waals surface area contributed by atoms with Crippen molar-refractivity contribution in [2.24, 2.45) is 0 Å². The van der Waals surface area contributed by atoms with E-state index >= 15 is 0 Å². The van der Waals surface area contributed by atoms with Crippen molar-refractivity contribution in [3.8, 4) is 5.75 Å². The Labute approximate surface area is 92.9 Å². The number of ether oxygens (including phenoxy) is 2. The molecule has 0 atom stereocenters. The minimum absolute atomic E-state index is 0.168. The summed E-state index contributed by atoms with van der Waals surface area (Å²) in [7, 11) is 0. The van der Waals surface area contributed by atoms with E-state index < -0.39 is 5.97 Å². The number of nitrogen functional groups attached to an aromatic ring is 1. The smallest absolute Gasteiger partial charge is 0.344 e. The summed E-state index contributed by atoms with van der Waals surface area (Å²) in [5.74, 6) is -0.0487. The van der Waals surface area contributed by atoms with Crippen molar-refractivity contribution < 1.29 is 14.3 Å². The molecule has 0 fully saturated rings. The molecule has 4 nitrogen and oxygen atoms in total. The lowest BCUT2D eigenvalue weighted by molar-refractivity contribution is -0.145. The minimum Gasteiger partial charge on any atom is -0.480 e. The number of benzene rings is 1. The molecule has 82 valence electrons. The van der Waals surface area contributed by atoms with Crippen LogP contribution in [0.1, 0.15) is 6.92 Å². The Morgan fingerprint density at radius 2 is 2.27 bits per heavy atom. The summed E-state index contributed by atoms with van der Waals surface area (Å²) in [5, 5.41) is 0.503. The molecule has 0 amide bonds. The van der Waals surface area contributed by atoms with Crippen LogP contribution in [0.15, 0.2) is 18.2 Å². The lowest BCUT2D eigenvalue weighted by Crippen LogP contribution is -2.15. The summed E-state index contributed by atoms with van der Waals surface area (Å²) in [4.78, 5) is 11.0. The van der Waals surface area contributed by atoms with E-state index in [1.54, 1.807) is 25.1 Å². The van der Waals surface area contributed by atoms with Gasteiger partial charge in [-0.15, -0.1) is 0 Å². The van der Waals surface area contributed by atoms with Gasteiger partial charge in [-0.2, -0.15) is 0 Å². The van der Waals surface area contributed by atoms with E-state index in [9.17, 15) is 4.79 Å². The third-order valence-corrected chi connectivity index (χ3v) is 1.86.